The third-order valence-electron chi connectivity index (χ3n) is 2.80. The summed E-state index contributed by atoms with van der Waals surface area (Å²) in [5, 5.41) is 10.7. The van der Waals surface area contributed by atoms with Gasteiger partial charge in [-0.15, -0.1) is 21.8 Å². The van der Waals surface area contributed by atoms with Crippen LogP contribution in [0.4, 0.5) is 5.69 Å². The molecule has 1 heterocycles. The molecule has 1 aromatic heterocycles. The van der Waals surface area contributed by atoms with Crippen LogP contribution >= 0.6 is 11.6 Å². The molecule has 0 aliphatic rings. The highest BCUT2D eigenvalue weighted by atomic mass is 35.5. The van der Waals surface area contributed by atoms with Gasteiger partial charge in [-0.25, -0.2) is 0 Å². The number of alkyl halides is 1. The Kier molecular flexibility index (Phi) is 4.16. The third kappa shape index (κ3) is 3.12. The SMILES string of the molecule is CC(CCl)C(=O)Nc1ccc(-c2nncn2C)cc1. The van der Waals surface area contributed by atoms with Gasteiger partial charge in [-0.05, 0) is 24.3 Å². The molecule has 2 aromatic rings. The normalized spacial score (nSPS) is 12.2. The number of halogens is 1. The molecule has 0 bridgehead atoms. The highest BCUT2D eigenvalue weighted by molar-refractivity contribution is 6.19. The van der Waals surface area contributed by atoms with E-state index in [-0.39, 0.29) is 11.8 Å². The lowest BCUT2D eigenvalue weighted by Crippen LogP contribution is -2.21. The Labute approximate surface area is 116 Å². The molecular formula is C13H15ClN4O. The van der Waals surface area contributed by atoms with Crippen LogP contribution in [0.5, 0.6) is 0 Å². The van der Waals surface area contributed by atoms with E-state index in [0.29, 0.717) is 5.88 Å². The number of rotatable bonds is 4. The lowest BCUT2D eigenvalue weighted by Gasteiger charge is -2.09. The monoisotopic (exact) mass is 278 g/mol. The Morgan fingerprint density at radius 1 is 1.42 bits per heavy atom. The molecule has 6 heteroatoms. The van der Waals surface area contributed by atoms with E-state index in [1.165, 1.54) is 0 Å². The number of carbonyl (C=O) groups is 1. The highest BCUT2D eigenvalue weighted by Crippen LogP contribution is 2.19. The van der Waals surface area contributed by atoms with Gasteiger partial charge in [-0.2, -0.15) is 0 Å². The molecule has 1 N–H and O–H groups in total. The Morgan fingerprint density at radius 2 is 2.11 bits per heavy atom. The second kappa shape index (κ2) is 5.84. The van der Waals surface area contributed by atoms with Crippen LogP contribution in [0.3, 0.4) is 0 Å². The van der Waals surface area contributed by atoms with Gasteiger partial charge in [0.15, 0.2) is 5.82 Å². The molecule has 0 radical (unpaired) electrons. The molecule has 19 heavy (non-hydrogen) atoms. The number of amides is 1. The number of aromatic nitrogens is 3. The number of benzene rings is 1. The van der Waals surface area contributed by atoms with Crippen LogP contribution in [0.15, 0.2) is 30.6 Å². The molecule has 5 nitrogen and oxygen atoms in total. The largest absolute Gasteiger partial charge is 0.326 e. The van der Waals surface area contributed by atoms with Gasteiger partial charge in [0.05, 0.1) is 0 Å². The average molecular weight is 279 g/mol. The maximum absolute atomic E-state index is 11.7. The predicted molar refractivity (Wildman–Crippen MR) is 75.0 cm³/mol. The predicted octanol–water partition coefficient (Wildman–Crippen LogP) is 2.30. The van der Waals surface area contributed by atoms with Crippen LogP contribution in [-0.2, 0) is 11.8 Å². The van der Waals surface area contributed by atoms with Gasteiger partial charge in [-0.1, -0.05) is 6.92 Å². The van der Waals surface area contributed by atoms with Gasteiger partial charge in [-0.3, -0.25) is 4.79 Å². The van der Waals surface area contributed by atoms with E-state index in [0.717, 1.165) is 17.1 Å². The van der Waals surface area contributed by atoms with Crippen molar-refractivity contribution in [2.24, 2.45) is 13.0 Å². The van der Waals surface area contributed by atoms with Crippen molar-refractivity contribution >= 4 is 23.2 Å². The number of hydrogen-bond donors (Lipinski definition) is 1. The van der Waals surface area contributed by atoms with E-state index in [2.05, 4.69) is 15.5 Å². The van der Waals surface area contributed by atoms with Crippen LogP contribution in [0, 0.1) is 5.92 Å². The summed E-state index contributed by atoms with van der Waals surface area (Å²) in [5.74, 6) is 0.802. The van der Waals surface area contributed by atoms with Crippen LogP contribution < -0.4 is 5.32 Å². The summed E-state index contributed by atoms with van der Waals surface area (Å²) in [6.45, 7) is 1.79. The van der Waals surface area contributed by atoms with E-state index >= 15 is 0 Å². The van der Waals surface area contributed by atoms with Gasteiger partial charge in [0, 0.05) is 30.1 Å². The van der Waals surface area contributed by atoms with Crippen LogP contribution in [0.2, 0.25) is 0 Å². The summed E-state index contributed by atoms with van der Waals surface area (Å²) in [6, 6.07) is 7.46. The van der Waals surface area contributed by atoms with Crippen molar-refractivity contribution in [1.82, 2.24) is 14.8 Å². The number of carbonyl (C=O) groups excluding carboxylic acids is 1. The second-order valence-electron chi connectivity index (χ2n) is 4.39. The summed E-state index contributed by atoms with van der Waals surface area (Å²) >= 11 is 5.64. The van der Waals surface area contributed by atoms with Gasteiger partial charge in [0.2, 0.25) is 5.91 Å². The number of anilines is 1. The Bertz CT molecular complexity index is 564. The smallest absolute Gasteiger partial charge is 0.228 e. The molecule has 100 valence electrons. The van der Waals surface area contributed by atoms with Crippen molar-refractivity contribution in [1.29, 1.82) is 0 Å². The van der Waals surface area contributed by atoms with Crippen LogP contribution in [0.1, 0.15) is 6.92 Å². The zero-order valence-corrected chi connectivity index (χ0v) is 11.6. The maximum atomic E-state index is 11.7. The fourth-order valence-corrected chi connectivity index (χ4v) is 1.72. The minimum atomic E-state index is -0.208. The summed E-state index contributed by atoms with van der Waals surface area (Å²) in [4.78, 5) is 11.7. The Balaban J connectivity index is 2.11. The lowest BCUT2D eigenvalue weighted by atomic mass is 10.1. The fourth-order valence-electron chi connectivity index (χ4n) is 1.58. The topological polar surface area (TPSA) is 59.8 Å². The van der Waals surface area contributed by atoms with Crippen LogP contribution in [0.25, 0.3) is 11.4 Å². The maximum Gasteiger partial charge on any atom is 0.228 e. The standard InChI is InChI=1S/C13H15ClN4O/c1-9(7-14)13(19)16-11-5-3-10(4-6-11)12-17-15-8-18(12)2/h3-6,8-9H,7H2,1-2H3,(H,16,19). The molecule has 0 aliphatic carbocycles. The first-order chi connectivity index (χ1) is 9.11. The number of nitrogens with one attached hydrogen (secondary N) is 1. The molecule has 0 saturated carbocycles. The first-order valence-corrected chi connectivity index (χ1v) is 6.46. The van der Waals surface area contributed by atoms with Crippen molar-refractivity contribution in [2.45, 2.75) is 6.92 Å². The molecule has 2 rings (SSSR count). The minimum Gasteiger partial charge on any atom is -0.326 e. The number of nitrogens with zero attached hydrogens (tertiary/aromatic N) is 3. The number of hydrogen-bond acceptors (Lipinski definition) is 3. The third-order valence-corrected chi connectivity index (χ3v) is 3.26. The molecule has 1 aromatic carbocycles. The number of aryl methyl sites for hydroxylation is 1. The van der Waals surface area contributed by atoms with E-state index in [9.17, 15) is 4.79 Å². The van der Waals surface area contributed by atoms with Gasteiger partial charge >= 0.3 is 0 Å². The zero-order chi connectivity index (χ0) is 13.8. The lowest BCUT2D eigenvalue weighted by molar-refractivity contribution is -0.118. The zero-order valence-electron chi connectivity index (χ0n) is 10.8. The summed E-state index contributed by atoms with van der Waals surface area (Å²) in [5.41, 5.74) is 1.69. The van der Waals surface area contributed by atoms with E-state index < -0.39 is 0 Å². The summed E-state index contributed by atoms with van der Waals surface area (Å²) in [7, 11) is 1.88. The fraction of sp³-hybridized carbons (Fsp3) is 0.308. The first-order valence-electron chi connectivity index (χ1n) is 5.93. The van der Waals surface area contributed by atoms with Crippen LogP contribution in [-0.4, -0.2) is 26.6 Å². The molecule has 0 saturated heterocycles. The molecule has 1 atom stereocenters. The van der Waals surface area contributed by atoms with Crippen molar-refractivity contribution < 1.29 is 4.79 Å². The van der Waals surface area contributed by atoms with Crippen molar-refractivity contribution in [3.63, 3.8) is 0 Å². The second-order valence-corrected chi connectivity index (χ2v) is 4.70. The highest BCUT2D eigenvalue weighted by Gasteiger charge is 2.11. The van der Waals surface area contributed by atoms with E-state index in [4.69, 9.17) is 11.6 Å². The van der Waals surface area contributed by atoms with Gasteiger partial charge in [0.1, 0.15) is 6.33 Å². The Hall–Kier alpha value is -1.88. The molecule has 0 aliphatic heterocycles. The van der Waals surface area contributed by atoms with Gasteiger partial charge in [0.25, 0.3) is 0 Å². The van der Waals surface area contributed by atoms with E-state index in [1.807, 2.05) is 35.9 Å². The van der Waals surface area contributed by atoms with Crippen molar-refractivity contribution in [3.05, 3.63) is 30.6 Å². The van der Waals surface area contributed by atoms with E-state index in [1.54, 1.807) is 13.3 Å². The molecule has 1 unspecified atom stereocenters. The molecule has 1 amide bonds. The Morgan fingerprint density at radius 3 is 2.63 bits per heavy atom. The molecule has 0 spiro atoms. The minimum absolute atomic E-state index is 0.0820. The summed E-state index contributed by atoms with van der Waals surface area (Å²) < 4.78 is 1.84. The van der Waals surface area contributed by atoms with Crippen molar-refractivity contribution in [2.75, 3.05) is 11.2 Å². The average Bonchev–Trinajstić information content (AvgIpc) is 2.85. The quantitative estimate of drug-likeness (QED) is 0.873. The molecule has 0 fully saturated rings. The molecular weight excluding hydrogens is 264 g/mol. The first kappa shape index (κ1) is 13.5. The summed E-state index contributed by atoms with van der Waals surface area (Å²) in [6.07, 6.45) is 1.65. The van der Waals surface area contributed by atoms with Gasteiger partial charge < -0.3 is 9.88 Å². The van der Waals surface area contributed by atoms with Crippen molar-refractivity contribution in [3.8, 4) is 11.4 Å².